The third-order valence-corrected chi connectivity index (χ3v) is 2.19. The third kappa shape index (κ3) is 2.96. The summed E-state index contributed by atoms with van der Waals surface area (Å²) in [6.45, 7) is 3.77. The van der Waals surface area contributed by atoms with Crippen LogP contribution in [0.1, 0.15) is 12.5 Å². The minimum atomic E-state index is -0.463. The summed E-state index contributed by atoms with van der Waals surface area (Å²) in [5.74, 6) is 0.886. The van der Waals surface area contributed by atoms with Crippen molar-refractivity contribution in [3.05, 3.63) is 23.8 Å². The normalized spacial score (nSPS) is 16.5. The Kier molecular flexibility index (Phi) is 3.27. The number of ether oxygens (including phenoxy) is 2. The van der Waals surface area contributed by atoms with Crippen LogP contribution in [-0.4, -0.2) is 24.9 Å². The zero-order valence-electron chi connectivity index (χ0n) is 9.73. The topological polar surface area (TPSA) is 57.1 Å². The first-order valence-electron chi connectivity index (χ1n) is 5.25. The summed E-state index contributed by atoms with van der Waals surface area (Å²) in [5, 5.41) is 3.67. The number of carbonyl (C=O) groups is 1. The molecule has 0 fully saturated rings. The number of carbonyl (C=O) groups excluding carboxylic acids is 1. The molecule has 0 spiro atoms. The minimum absolute atomic E-state index is 0.253. The molecule has 0 saturated heterocycles. The molecule has 1 aliphatic rings. The average molecular weight is 235 g/mol. The number of fused-ring (bicyclic) bond motifs is 1. The zero-order chi connectivity index (χ0) is 12.3. The molecule has 0 unspecified atom stereocenters. The molecule has 0 atom stereocenters. The average Bonchev–Trinajstić information content (AvgIpc) is 2.48. The minimum Gasteiger partial charge on any atom is -0.483 e. The summed E-state index contributed by atoms with van der Waals surface area (Å²) >= 11 is 0. The van der Waals surface area contributed by atoms with Crippen LogP contribution in [0, 0.1) is 6.92 Å². The van der Waals surface area contributed by atoms with Crippen molar-refractivity contribution < 1.29 is 19.1 Å². The highest BCUT2D eigenvalue weighted by Crippen LogP contribution is 2.29. The molecule has 0 amide bonds. The Morgan fingerprint density at radius 2 is 2.00 bits per heavy atom. The summed E-state index contributed by atoms with van der Waals surface area (Å²) in [5.41, 5.74) is 1.63. The van der Waals surface area contributed by atoms with Gasteiger partial charge in [0.15, 0.2) is 11.5 Å². The van der Waals surface area contributed by atoms with E-state index in [1.165, 1.54) is 6.92 Å². The van der Waals surface area contributed by atoms with E-state index < -0.39 is 5.97 Å². The van der Waals surface area contributed by atoms with Crippen molar-refractivity contribution in [1.82, 2.24) is 0 Å². The van der Waals surface area contributed by atoms with Gasteiger partial charge in [-0.3, -0.25) is 0 Å². The van der Waals surface area contributed by atoms with Crippen LogP contribution < -0.4 is 9.47 Å². The van der Waals surface area contributed by atoms with E-state index >= 15 is 0 Å². The Morgan fingerprint density at radius 1 is 1.29 bits per heavy atom. The molecule has 0 aliphatic carbocycles. The van der Waals surface area contributed by atoms with Gasteiger partial charge < -0.3 is 14.3 Å². The second kappa shape index (κ2) is 4.86. The summed E-state index contributed by atoms with van der Waals surface area (Å²) < 4.78 is 11.0. The van der Waals surface area contributed by atoms with Crippen molar-refractivity contribution in [2.75, 3.05) is 13.2 Å². The fourth-order valence-corrected chi connectivity index (χ4v) is 1.39. The molecule has 5 heteroatoms. The van der Waals surface area contributed by atoms with Gasteiger partial charge in [-0.1, -0.05) is 11.2 Å². The van der Waals surface area contributed by atoms with E-state index in [0.29, 0.717) is 17.2 Å². The molecule has 2 rings (SSSR count). The van der Waals surface area contributed by atoms with Crippen LogP contribution in [-0.2, 0) is 9.63 Å². The molecule has 1 aromatic carbocycles. The van der Waals surface area contributed by atoms with Crippen molar-refractivity contribution in [3.63, 3.8) is 0 Å². The van der Waals surface area contributed by atoms with E-state index in [9.17, 15) is 4.79 Å². The summed E-state index contributed by atoms with van der Waals surface area (Å²) in [7, 11) is 0. The molecular weight excluding hydrogens is 222 g/mol. The predicted octanol–water partition coefficient (Wildman–Crippen LogP) is 1.69. The Hall–Kier alpha value is -2.04. The second-order valence-corrected chi connectivity index (χ2v) is 3.77. The van der Waals surface area contributed by atoms with Gasteiger partial charge >= 0.3 is 5.97 Å². The van der Waals surface area contributed by atoms with Crippen LogP contribution in [0.3, 0.4) is 0 Å². The van der Waals surface area contributed by atoms with E-state index in [-0.39, 0.29) is 13.2 Å². The molecule has 1 aliphatic heterocycles. The van der Waals surface area contributed by atoms with Crippen LogP contribution in [0.4, 0.5) is 0 Å². The molecule has 1 aromatic rings. The summed E-state index contributed by atoms with van der Waals surface area (Å²) in [6, 6.07) is 5.68. The Morgan fingerprint density at radius 3 is 2.71 bits per heavy atom. The van der Waals surface area contributed by atoms with Crippen LogP contribution in [0.25, 0.3) is 0 Å². The molecular formula is C12H13NO4. The zero-order valence-corrected chi connectivity index (χ0v) is 9.73. The van der Waals surface area contributed by atoms with Gasteiger partial charge in [0.25, 0.3) is 0 Å². The maximum absolute atomic E-state index is 10.6. The largest absolute Gasteiger partial charge is 0.483 e. The monoisotopic (exact) mass is 235 g/mol. The lowest BCUT2D eigenvalue weighted by Crippen LogP contribution is -2.17. The highest BCUT2D eigenvalue weighted by atomic mass is 16.7. The van der Waals surface area contributed by atoms with E-state index in [0.717, 1.165) is 5.56 Å². The van der Waals surface area contributed by atoms with Crippen LogP contribution in [0.15, 0.2) is 23.4 Å². The van der Waals surface area contributed by atoms with Gasteiger partial charge in [0.1, 0.15) is 18.9 Å². The van der Waals surface area contributed by atoms with E-state index in [1.54, 1.807) is 0 Å². The maximum atomic E-state index is 10.6. The third-order valence-electron chi connectivity index (χ3n) is 2.19. The number of hydrogen-bond donors (Lipinski definition) is 0. The van der Waals surface area contributed by atoms with E-state index in [4.69, 9.17) is 9.47 Å². The van der Waals surface area contributed by atoms with Gasteiger partial charge in [-0.05, 0) is 24.6 Å². The first-order valence-corrected chi connectivity index (χ1v) is 5.25. The van der Waals surface area contributed by atoms with Gasteiger partial charge in [0, 0.05) is 6.92 Å². The predicted molar refractivity (Wildman–Crippen MR) is 61.4 cm³/mol. The molecule has 0 bridgehead atoms. The van der Waals surface area contributed by atoms with Crippen molar-refractivity contribution in [3.8, 4) is 11.5 Å². The number of nitrogens with zero attached hydrogens (tertiary/aromatic N) is 1. The van der Waals surface area contributed by atoms with Gasteiger partial charge in [0.05, 0.1) is 0 Å². The highest BCUT2D eigenvalue weighted by Gasteiger charge is 2.14. The maximum Gasteiger partial charge on any atom is 0.331 e. The van der Waals surface area contributed by atoms with Gasteiger partial charge in [-0.2, -0.15) is 0 Å². The molecule has 0 saturated carbocycles. The summed E-state index contributed by atoms with van der Waals surface area (Å²) in [4.78, 5) is 15.2. The van der Waals surface area contributed by atoms with E-state index in [1.807, 2.05) is 25.1 Å². The van der Waals surface area contributed by atoms with Crippen molar-refractivity contribution in [2.45, 2.75) is 13.8 Å². The standard InChI is InChI=1S/C12H13NO4/c1-8-3-4-11-12(5-8)16-7-10(6-15-11)13-17-9(2)14/h3-5H,6-7H2,1-2H3/b13-10+. The lowest BCUT2D eigenvalue weighted by molar-refractivity contribution is -0.141. The van der Waals surface area contributed by atoms with E-state index in [2.05, 4.69) is 9.99 Å². The molecule has 90 valence electrons. The Labute approximate surface area is 99.0 Å². The molecule has 17 heavy (non-hydrogen) atoms. The summed E-state index contributed by atoms with van der Waals surface area (Å²) in [6.07, 6.45) is 0. The Balaban J connectivity index is 2.11. The number of benzene rings is 1. The lowest BCUT2D eigenvalue weighted by atomic mass is 10.2. The number of oxime groups is 1. The van der Waals surface area contributed by atoms with Crippen molar-refractivity contribution >= 4 is 11.7 Å². The first-order chi connectivity index (χ1) is 8.15. The van der Waals surface area contributed by atoms with Crippen LogP contribution in [0.5, 0.6) is 11.5 Å². The van der Waals surface area contributed by atoms with Crippen LogP contribution in [0.2, 0.25) is 0 Å². The van der Waals surface area contributed by atoms with Gasteiger partial charge in [-0.15, -0.1) is 0 Å². The number of rotatable bonds is 1. The molecule has 0 N–H and O–H groups in total. The quantitative estimate of drug-likeness (QED) is 0.549. The smallest absolute Gasteiger partial charge is 0.331 e. The Bertz CT molecular complexity index is 468. The molecule has 0 aromatic heterocycles. The molecule has 5 nitrogen and oxygen atoms in total. The second-order valence-electron chi connectivity index (χ2n) is 3.77. The number of aryl methyl sites for hydroxylation is 1. The fraction of sp³-hybridized carbons (Fsp3) is 0.333. The SMILES string of the molecule is CC(=O)O/N=C1\COc2ccc(C)cc2OC1. The van der Waals surface area contributed by atoms with Crippen molar-refractivity contribution in [2.24, 2.45) is 5.16 Å². The molecule has 0 radical (unpaired) electrons. The van der Waals surface area contributed by atoms with Crippen LogP contribution >= 0.6 is 0 Å². The van der Waals surface area contributed by atoms with Gasteiger partial charge in [-0.25, -0.2) is 4.79 Å². The fourth-order valence-electron chi connectivity index (χ4n) is 1.39. The lowest BCUT2D eigenvalue weighted by Gasteiger charge is -2.06. The first kappa shape index (κ1) is 11.4. The molecule has 1 heterocycles. The number of hydrogen-bond acceptors (Lipinski definition) is 5. The van der Waals surface area contributed by atoms with Crippen molar-refractivity contribution in [1.29, 1.82) is 0 Å². The highest BCUT2D eigenvalue weighted by molar-refractivity contribution is 5.88. The van der Waals surface area contributed by atoms with Gasteiger partial charge in [0.2, 0.25) is 0 Å².